The third-order valence-electron chi connectivity index (χ3n) is 8.56. The van der Waals surface area contributed by atoms with Gasteiger partial charge in [0, 0.05) is 12.2 Å². The average Bonchev–Trinajstić information content (AvgIpc) is 2.85. The van der Waals surface area contributed by atoms with Crippen molar-refractivity contribution in [2.24, 2.45) is 29.6 Å². The lowest BCUT2D eigenvalue weighted by atomic mass is 9.68. The maximum atomic E-state index is 13.0. The van der Waals surface area contributed by atoms with E-state index in [2.05, 4.69) is 52.4 Å². The zero-order chi connectivity index (χ0) is 30.8. The maximum absolute atomic E-state index is 13.0. The number of rotatable bonds is 16. The fraction of sp³-hybridized carbons (Fsp3) is 0.964. The first-order valence-corrected chi connectivity index (χ1v) is 31.2. The minimum Gasteiger partial charge on any atom is -0.465 e. The lowest BCUT2D eigenvalue weighted by Gasteiger charge is -2.38. The molecule has 0 N–H and O–H groups in total. The largest absolute Gasteiger partial charge is 0.465 e. The molecule has 6 nitrogen and oxygen atoms in total. The van der Waals surface area contributed by atoms with E-state index >= 15 is 0 Å². The predicted octanol–water partition coefficient (Wildman–Crippen LogP) is 8.49. The van der Waals surface area contributed by atoms with Crippen LogP contribution in [0.3, 0.4) is 0 Å². The van der Waals surface area contributed by atoms with Crippen molar-refractivity contribution in [1.29, 1.82) is 0 Å². The van der Waals surface area contributed by atoms with Crippen molar-refractivity contribution in [3.63, 3.8) is 0 Å². The van der Waals surface area contributed by atoms with Gasteiger partial charge in [0.05, 0.1) is 12.5 Å². The average molecular weight is 699 g/mol. The van der Waals surface area contributed by atoms with Crippen molar-refractivity contribution < 1.29 is 26.4 Å². The number of hydrogen-bond donors (Lipinski definition) is 0. The highest BCUT2D eigenvalue weighted by Crippen LogP contribution is 2.43. The van der Waals surface area contributed by atoms with Crippen LogP contribution in [0.1, 0.15) is 71.1 Å². The minimum absolute atomic E-state index is 0.117. The lowest BCUT2D eigenvalue weighted by molar-refractivity contribution is -0.147. The molecular formula is C28H59O6PS2Si4. The number of carbonyl (C=O) groups excluding carboxylic acids is 1. The van der Waals surface area contributed by atoms with Crippen molar-refractivity contribution >= 4 is 67.7 Å². The Bertz CT molecular complexity index is 920. The first kappa shape index (κ1) is 37.9. The van der Waals surface area contributed by atoms with Crippen LogP contribution in [0.2, 0.25) is 58.4 Å². The van der Waals surface area contributed by atoms with Crippen LogP contribution in [0, 0.1) is 29.6 Å². The quantitative estimate of drug-likeness (QED) is 0.0910. The van der Waals surface area contributed by atoms with Crippen LogP contribution in [0.25, 0.3) is 0 Å². The maximum Gasteiger partial charge on any atom is 0.316 e. The van der Waals surface area contributed by atoms with Gasteiger partial charge in [-0.3, -0.25) is 9.36 Å². The Balaban J connectivity index is 1.73. The van der Waals surface area contributed by atoms with Crippen LogP contribution in [0.4, 0.5) is 0 Å². The van der Waals surface area contributed by atoms with Crippen molar-refractivity contribution in [3.05, 3.63) is 0 Å². The lowest BCUT2D eigenvalue weighted by Crippen LogP contribution is -2.53. The van der Waals surface area contributed by atoms with Crippen LogP contribution < -0.4 is 0 Å². The van der Waals surface area contributed by atoms with Crippen LogP contribution in [-0.2, 0) is 47.1 Å². The molecule has 41 heavy (non-hydrogen) atoms. The number of esters is 1. The monoisotopic (exact) mass is 698 g/mol. The molecule has 2 fully saturated rings. The van der Waals surface area contributed by atoms with Gasteiger partial charge in [-0.05, 0) is 135 Å². The van der Waals surface area contributed by atoms with E-state index in [0.717, 1.165) is 46.3 Å². The molecule has 0 radical (unpaired) electrons. The summed E-state index contributed by atoms with van der Waals surface area (Å²) in [6.45, 7) is 18.6. The van der Waals surface area contributed by atoms with E-state index in [1.807, 2.05) is 6.92 Å². The predicted molar refractivity (Wildman–Crippen MR) is 187 cm³/mol. The molecule has 2 aliphatic carbocycles. The fourth-order valence-corrected chi connectivity index (χ4v) is 24.0. The van der Waals surface area contributed by atoms with Gasteiger partial charge < -0.3 is 17.1 Å². The molecule has 4 atom stereocenters. The van der Waals surface area contributed by atoms with E-state index in [9.17, 15) is 9.36 Å². The van der Waals surface area contributed by atoms with E-state index in [-0.39, 0.29) is 11.9 Å². The summed E-state index contributed by atoms with van der Waals surface area (Å²) in [5, 5.41) is 0. The summed E-state index contributed by atoms with van der Waals surface area (Å²) >= 11 is 4.87. The molecule has 0 bridgehead atoms. The first-order chi connectivity index (χ1) is 19.0. The highest BCUT2D eigenvalue weighted by molar-refractivity contribution is 8.32. The summed E-state index contributed by atoms with van der Waals surface area (Å²) < 4.78 is 37.0. The van der Waals surface area contributed by atoms with Gasteiger partial charge in [0.15, 0.2) is 23.2 Å². The normalized spacial score (nSPS) is 27.4. The molecule has 0 spiro atoms. The first-order valence-electron chi connectivity index (χ1n) is 16.0. The fourth-order valence-electron chi connectivity index (χ4n) is 6.96. The smallest absolute Gasteiger partial charge is 0.316 e. The Morgan fingerprint density at radius 2 is 1.39 bits per heavy atom. The highest BCUT2D eigenvalue weighted by atomic mass is 32.9. The summed E-state index contributed by atoms with van der Waals surface area (Å²) in [5.74, 6) is 2.79. The second-order valence-corrected chi connectivity index (χ2v) is 34.0. The van der Waals surface area contributed by atoms with Crippen LogP contribution in [-0.4, -0.2) is 53.2 Å². The molecule has 240 valence electrons. The van der Waals surface area contributed by atoms with Gasteiger partial charge in [-0.1, -0.05) is 32.6 Å². The van der Waals surface area contributed by atoms with E-state index in [1.54, 1.807) is 0 Å². The second-order valence-electron chi connectivity index (χ2n) is 14.8. The van der Waals surface area contributed by atoms with Crippen molar-refractivity contribution in [1.82, 2.24) is 0 Å². The summed E-state index contributed by atoms with van der Waals surface area (Å²) in [7, 11) is -6.87. The SMILES string of the molecule is CC(C[Si](C)(O[SiH](C)O[Si](C)(C)C)O[Si](C)(C)C)C(=O)OCCC1CCC(C2CCC(CCP(=O)=S=S)CC2)CC1. The molecule has 0 aromatic heterocycles. The molecule has 0 aromatic carbocycles. The van der Waals surface area contributed by atoms with Crippen molar-refractivity contribution in [2.45, 2.75) is 130 Å². The second kappa shape index (κ2) is 17.5. The molecule has 0 aliphatic heterocycles. The van der Waals surface area contributed by atoms with Gasteiger partial charge in [-0.2, -0.15) is 0 Å². The Hall–Kier alpha value is 0.758. The molecule has 0 amide bonds. The molecule has 2 aliphatic rings. The zero-order valence-corrected chi connectivity index (χ0v) is 34.1. The Morgan fingerprint density at radius 1 is 0.878 bits per heavy atom. The topological polar surface area (TPSA) is 71.1 Å². The summed E-state index contributed by atoms with van der Waals surface area (Å²) in [4.78, 5) is 13.0. The third kappa shape index (κ3) is 15.5. The van der Waals surface area contributed by atoms with Gasteiger partial charge in [0.2, 0.25) is 0 Å². The molecule has 0 saturated heterocycles. The van der Waals surface area contributed by atoms with Gasteiger partial charge in [-0.15, -0.1) is 0 Å². The van der Waals surface area contributed by atoms with Gasteiger partial charge in [0.1, 0.15) is 0 Å². The van der Waals surface area contributed by atoms with Crippen LogP contribution >= 0.6 is 6.58 Å². The minimum atomic E-state index is -2.58. The Morgan fingerprint density at radius 3 is 1.85 bits per heavy atom. The number of carbonyl (C=O) groups is 1. The van der Waals surface area contributed by atoms with Crippen LogP contribution in [0.15, 0.2) is 0 Å². The van der Waals surface area contributed by atoms with Gasteiger partial charge >= 0.3 is 14.5 Å². The molecule has 2 saturated carbocycles. The Kier molecular flexibility index (Phi) is 16.2. The highest BCUT2D eigenvalue weighted by Gasteiger charge is 2.42. The summed E-state index contributed by atoms with van der Waals surface area (Å²) in [5.41, 5.74) is 0. The molecular weight excluding hydrogens is 640 g/mol. The summed E-state index contributed by atoms with van der Waals surface area (Å²) in [6.07, 6.45) is 13.3. The van der Waals surface area contributed by atoms with E-state index in [4.69, 9.17) is 28.3 Å². The number of ether oxygens (including phenoxy) is 1. The molecule has 2 rings (SSSR count). The van der Waals surface area contributed by atoms with Crippen molar-refractivity contribution in [3.8, 4) is 0 Å². The third-order valence-corrected chi connectivity index (χ3v) is 24.9. The van der Waals surface area contributed by atoms with E-state index in [0.29, 0.717) is 18.6 Å². The molecule has 0 aromatic rings. The molecule has 13 heteroatoms. The van der Waals surface area contributed by atoms with Gasteiger partial charge in [0.25, 0.3) is 9.28 Å². The van der Waals surface area contributed by atoms with Crippen LogP contribution in [0.5, 0.6) is 0 Å². The van der Waals surface area contributed by atoms with Gasteiger partial charge in [-0.25, -0.2) is 0 Å². The summed E-state index contributed by atoms with van der Waals surface area (Å²) in [6, 6.07) is 0.612. The van der Waals surface area contributed by atoms with Crippen molar-refractivity contribution in [2.75, 3.05) is 12.8 Å². The molecule has 4 unspecified atom stereocenters. The molecule has 0 heterocycles. The van der Waals surface area contributed by atoms with E-state index < -0.39 is 41.1 Å². The van der Waals surface area contributed by atoms with E-state index in [1.165, 1.54) is 51.4 Å². The zero-order valence-electron chi connectivity index (χ0n) is 27.4. The Labute approximate surface area is 264 Å². The number of hydrogen-bond acceptors (Lipinski definition) is 7. The standard InChI is InChI=1S/C28H59O6PS2Si4/c1-23(22-41(9,34-40(6,7)8)33-38(2)32-39(3,4)5)28(29)31-20-18-24-10-14-26(15-11-24)27-16-12-25(13-17-27)19-21-35(30)37-36/h23-27,38H,10-22H2,1-9H3.